The fraction of sp³-hybridized carbons (Fsp3) is 0.647. The fourth-order valence-electron chi connectivity index (χ4n) is 3.75. The van der Waals surface area contributed by atoms with Crippen LogP contribution in [0, 0.1) is 5.92 Å². The van der Waals surface area contributed by atoms with Gasteiger partial charge in [0, 0.05) is 32.2 Å². The van der Waals surface area contributed by atoms with Gasteiger partial charge in [0.2, 0.25) is 0 Å². The number of fused-ring (bicyclic) bond motifs is 1. The van der Waals surface area contributed by atoms with E-state index in [1.54, 1.807) is 11.1 Å². The minimum absolute atomic E-state index is 0.591. The molecule has 0 aromatic heterocycles. The lowest BCUT2D eigenvalue weighted by Crippen LogP contribution is -2.46. The standard InChI is InChI=1S/C17H26N2/c1-13(2)17(19-10-8-18-9-11-19)16-7-6-14-4-3-5-15(14)12-16/h6-7,12-13,17-18H,3-5,8-11H2,1-2H3. The molecule has 0 bridgehead atoms. The van der Waals surface area contributed by atoms with Gasteiger partial charge >= 0.3 is 0 Å². The van der Waals surface area contributed by atoms with E-state index in [0.717, 1.165) is 13.1 Å². The summed E-state index contributed by atoms with van der Waals surface area (Å²) in [5.41, 5.74) is 4.74. The Balaban J connectivity index is 1.87. The highest BCUT2D eigenvalue weighted by Gasteiger charge is 2.25. The number of hydrogen-bond donors (Lipinski definition) is 1. The van der Waals surface area contributed by atoms with Crippen molar-refractivity contribution in [1.29, 1.82) is 0 Å². The van der Waals surface area contributed by atoms with Crippen LogP contribution in [0.5, 0.6) is 0 Å². The Labute approximate surface area is 117 Å². The van der Waals surface area contributed by atoms with E-state index in [2.05, 4.69) is 42.3 Å². The van der Waals surface area contributed by atoms with Crippen molar-refractivity contribution >= 4 is 0 Å². The van der Waals surface area contributed by atoms with Crippen LogP contribution >= 0.6 is 0 Å². The predicted molar refractivity (Wildman–Crippen MR) is 80.5 cm³/mol. The third-order valence-electron chi connectivity index (χ3n) is 4.64. The van der Waals surface area contributed by atoms with E-state index in [0.29, 0.717) is 12.0 Å². The number of aryl methyl sites for hydroxylation is 2. The molecule has 104 valence electrons. The summed E-state index contributed by atoms with van der Waals surface area (Å²) in [5, 5.41) is 3.46. The maximum absolute atomic E-state index is 3.46. The highest BCUT2D eigenvalue weighted by atomic mass is 15.2. The van der Waals surface area contributed by atoms with E-state index in [9.17, 15) is 0 Å². The summed E-state index contributed by atoms with van der Waals surface area (Å²) >= 11 is 0. The quantitative estimate of drug-likeness (QED) is 0.897. The molecule has 2 heteroatoms. The number of hydrogen-bond acceptors (Lipinski definition) is 2. The Kier molecular flexibility index (Phi) is 3.90. The number of nitrogens with zero attached hydrogens (tertiary/aromatic N) is 1. The van der Waals surface area contributed by atoms with Crippen molar-refractivity contribution in [2.24, 2.45) is 5.92 Å². The van der Waals surface area contributed by atoms with Gasteiger partial charge < -0.3 is 5.32 Å². The van der Waals surface area contributed by atoms with E-state index in [-0.39, 0.29) is 0 Å². The van der Waals surface area contributed by atoms with Crippen LogP contribution in [0.1, 0.15) is 43.0 Å². The molecular weight excluding hydrogens is 232 g/mol. The van der Waals surface area contributed by atoms with Crippen LogP contribution in [-0.2, 0) is 12.8 Å². The Morgan fingerprint density at radius 2 is 1.79 bits per heavy atom. The van der Waals surface area contributed by atoms with Crippen LogP contribution in [-0.4, -0.2) is 31.1 Å². The van der Waals surface area contributed by atoms with Crippen LogP contribution < -0.4 is 5.32 Å². The molecule has 3 rings (SSSR count). The average molecular weight is 258 g/mol. The van der Waals surface area contributed by atoms with Gasteiger partial charge in [0.15, 0.2) is 0 Å². The second-order valence-corrected chi connectivity index (χ2v) is 6.36. The molecule has 1 aromatic rings. The van der Waals surface area contributed by atoms with E-state index in [1.807, 2.05) is 0 Å². The fourth-order valence-corrected chi connectivity index (χ4v) is 3.75. The van der Waals surface area contributed by atoms with E-state index >= 15 is 0 Å². The zero-order valence-corrected chi connectivity index (χ0v) is 12.3. The summed E-state index contributed by atoms with van der Waals surface area (Å²) in [4.78, 5) is 2.66. The zero-order chi connectivity index (χ0) is 13.2. The van der Waals surface area contributed by atoms with Crippen molar-refractivity contribution < 1.29 is 0 Å². The van der Waals surface area contributed by atoms with Gasteiger partial charge in [-0.3, -0.25) is 4.90 Å². The van der Waals surface area contributed by atoms with Gasteiger partial charge in [-0.05, 0) is 41.9 Å². The van der Waals surface area contributed by atoms with Gasteiger partial charge in [-0.2, -0.15) is 0 Å². The zero-order valence-electron chi connectivity index (χ0n) is 12.3. The van der Waals surface area contributed by atoms with Crippen LogP contribution in [0.4, 0.5) is 0 Å². The van der Waals surface area contributed by atoms with Crippen molar-refractivity contribution in [2.45, 2.75) is 39.2 Å². The number of piperazine rings is 1. The van der Waals surface area contributed by atoms with Crippen LogP contribution in [0.15, 0.2) is 18.2 Å². The highest BCUT2D eigenvalue weighted by Crippen LogP contribution is 2.32. The molecule has 1 aliphatic heterocycles. The summed E-state index contributed by atoms with van der Waals surface area (Å²) in [6, 6.07) is 7.86. The molecule has 0 spiro atoms. The van der Waals surface area contributed by atoms with Crippen molar-refractivity contribution in [1.82, 2.24) is 10.2 Å². The SMILES string of the molecule is CC(C)C(c1ccc2c(c1)CCC2)N1CCNCC1. The first-order valence-electron chi connectivity index (χ1n) is 7.82. The maximum atomic E-state index is 3.46. The third-order valence-corrected chi connectivity index (χ3v) is 4.64. The van der Waals surface area contributed by atoms with Gasteiger partial charge in [-0.1, -0.05) is 32.0 Å². The van der Waals surface area contributed by atoms with Crippen LogP contribution in [0.2, 0.25) is 0 Å². The molecule has 2 aliphatic rings. The molecule has 19 heavy (non-hydrogen) atoms. The second-order valence-electron chi connectivity index (χ2n) is 6.36. The molecule has 2 nitrogen and oxygen atoms in total. The lowest BCUT2D eigenvalue weighted by Gasteiger charge is -2.37. The average Bonchev–Trinajstić information content (AvgIpc) is 2.87. The molecule has 1 heterocycles. The Morgan fingerprint density at radius 3 is 2.53 bits per heavy atom. The van der Waals surface area contributed by atoms with Gasteiger partial charge in [0.1, 0.15) is 0 Å². The molecular formula is C17H26N2. The third kappa shape index (κ3) is 2.70. The summed E-state index contributed by atoms with van der Waals surface area (Å²) in [7, 11) is 0. The van der Waals surface area contributed by atoms with Gasteiger partial charge in [0.25, 0.3) is 0 Å². The largest absolute Gasteiger partial charge is 0.314 e. The van der Waals surface area contributed by atoms with E-state index in [1.165, 1.54) is 37.9 Å². The lowest BCUT2D eigenvalue weighted by atomic mass is 9.91. The topological polar surface area (TPSA) is 15.3 Å². The summed E-state index contributed by atoms with van der Waals surface area (Å²) in [6.45, 7) is 9.35. The van der Waals surface area contributed by atoms with Crippen LogP contribution in [0.3, 0.4) is 0 Å². The molecule has 1 aliphatic carbocycles. The first kappa shape index (κ1) is 13.1. The first-order valence-corrected chi connectivity index (χ1v) is 7.82. The Morgan fingerprint density at radius 1 is 1.05 bits per heavy atom. The molecule has 0 saturated carbocycles. The molecule has 1 N–H and O–H groups in total. The first-order chi connectivity index (χ1) is 9.25. The molecule has 1 saturated heterocycles. The highest BCUT2D eigenvalue weighted by molar-refractivity contribution is 5.36. The van der Waals surface area contributed by atoms with E-state index in [4.69, 9.17) is 0 Å². The number of nitrogens with one attached hydrogen (secondary N) is 1. The van der Waals surface area contributed by atoms with Crippen molar-refractivity contribution in [3.05, 3.63) is 34.9 Å². The van der Waals surface area contributed by atoms with Crippen molar-refractivity contribution in [3.8, 4) is 0 Å². The monoisotopic (exact) mass is 258 g/mol. The second kappa shape index (κ2) is 5.64. The minimum Gasteiger partial charge on any atom is -0.314 e. The van der Waals surface area contributed by atoms with Crippen molar-refractivity contribution in [2.75, 3.05) is 26.2 Å². The predicted octanol–water partition coefficient (Wildman–Crippen LogP) is 2.78. The van der Waals surface area contributed by atoms with Gasteiger partial charge in [0.05, 0.1) is 0 Å². The molecule has 1 aromatic carbocycles. The van der Waals surface area contributed by atoms with Gasteiger partial charge in [-0.15, -0.1) is 0 Å². The Hall–Kier alpha value is -0.860. The van der Waals surface area contributed by atoms with Crippen LogP contribution in [0.25, 0.3) is 0 Å². The minimum atomic E-state index is 0.591. The summed E-state index contributed by atoms with van der Waals surface area (Å²) in [6.07, 6.45) is 3.92. The molecule has 0 radical (unpaired) electrons. The maximum Gasteiger partial charge on any atom is 0.0372 e. The lowest BCUT2D eigenvalue weighted by molar-refractivity contribution is 0.137. The van der Waals surface area contributed by atoms with Gasteiger partial charge in [-0.25, -0.2) is 0 Å². The Bertz CT molecular complexity index is 433. The summed E-state index contributed by atoms with van der Waals surface area (Å²) in [5.74, 6) is 0.678. The van der Waals surface area contributed by atoms with Crippen molar-refractivity contribution in [3.63, 3.8) is 0 Å². The molecule has 1 atom stereocenters. The molecule has 1 fully saturated rings. The summed E-state index contributed by atoms with van der Waals surface area (Å²) < 4.78 is 0. The number of benzene rings is 1. The smallest absolute Gasteiger partial charge is 0.0372 e. The van der Waals surface area contributed by atoms with E-state index < -0.39 is 0 Å². The number of rotatable bonds is 3. The molecule has 1 unspecified atom stereocenters. The normalized spacial score (nSPS) is 21.6. The molecule has 0 amide bonds.